The molecule has 94 valence electrons. The summed E-state index contributed by atoms with van der Waals surface area (Å²) in [6.07, 6.45) is 4.07. The highest BCUT2D eigenvalue weighted by molar-refractivity contribution is 5.36. The van der Waals surface area contributed by atoms with Crippen LogP contribution in [0.2, 0.25) is 0 Å². The molecule has 1 aromatic carbocycles. The molecule has 0 aromatic heterocycles. The highest BCUT2D eigenvalue weighted by atomic mass is 16.5. The third kappa shape index (κ3) is 2.81. The summed E-state index contributed by atoms with van der Waals surface area (Å²) in [6, 6.07) is 8.92. The molecular weight excluding hydrogens is 210 g/mol. The van der Waals surface area contributed by atoms with Crippen LogP contribution in [0.1, 0.15) is 44.7 Å². The quantitative estimate of drug-likeness (QED) is 0.811. The van der Waals surface area contributed by atoms with E-state index in [9.17, 15) is 0 Å². The molecular formula is C15H23NO. The number of nitrogens with one attached hydrogen (secondary N) is 1. The number of hydrogen-bond acceptors (Lipinski definition) is 2. The second kappa shape index (κ2) is 6.06. The topological polar surface area (TPSA) is 21.3 Å². The summed E-state index contributed by atoms with van der Waals surface area (Å²) in [6.45, 7) is 5.97. The zero-order valence-corrected chi connectivity index (χ0v) is 10.9. The average molecular weight is 233 g/mol. The van der Waals surface area contributed by atoms with Crippen LogP contribution < -0.4 is 10.1 Å². The molecule has 0 bridgehead atoms. The van der Waals surface area contributed by atoms with E-state index in [1.807, 2.05) is 6.92 Å². The molecule has 1 atom stereocenters. The Hall–Kier alpha value is -1.02. The minimum Gasteiger partial charge on any atom is -0.494 e. The van der Waals surface area contributed by atoms with Crippen LogP contribution in [-0.4, -0.2) is 13.2 Å². The predicted molar refractivity (Wildman–Crippen MR) is 71.4 cm³/mol. The SMILES string of the molecule is CCNC(c1ccccc1OCC)C1CCC1. The van der Waals surface area contributed by atoms with Crippen molar-refractivity contribution in [3.8, 4) is 5.75 Å². The van der Waals surface area contributed by atoms with Gasteiger partial charge in [0.15, 0.2) is 0 Å². The van der Waals surface area contributed by atoms with Crippen LogP contribution >= 0.6 is 0 Å². The van der Waals surface area contributed by atoms with Gasteiger partial charge in [-0.2, -0.15) is 0 Å². The van der Waals surface area contributed by atoms with Crippen molar-refractivity contribution in [1.82, 2.24) is 5.32 Å². The molecule has 2 nitrogen and oxygen atoms in total. The van der Waals surface area contributed by atoms with Gasteiger partial charge in [-0.3, -0.25) is 0 Å². The van der Waals surface area contributed by atoms with Gasteiger partial charge >= 0.3 is 0 Å². The molecule has 0 radical (unpaired) electrons. The Morgan fingerprint density at radius 3 is 2.65 bits per heavy atom. The fraction of sp³-hybridized carbons (Fsp3) is 0.600. The van der Waals surface area contributed by atoms with Gasteiger partial charge in [0.2, 0.25) is 0 Å². The summed E-state index contributed by atoms with van der Waals surface area (Å²) < 4.78 is 5.74. The molecule has 1 aliphatic carbocycles. The van der Waals surface area contributed by atoms with Gasteiger partial charge in [0.25, 0.3) is 0 Å². The van der Waals surface area contributed by atoms with Crippen LogP contribution in [-0.2, 0) is 0 Å². The van der Waals surface area contributed by atoms with Crippen molar-refractivity contribution in [3.63, 3.8) is 0 Å². The van der Waals surface area contributed by atoms with Crippen molar-refractivity contribution in [1.29, 1.82) is 0 Å². The largest absolute Gasteiger partial charge is 0.494 e. The van der Waals surface area contributed by atoms with Gasteiger partial charge in [-0.15, -0.1) is 0 Å². The van der Waals surface area contributed by atoms with Crippen LogP contribution in [0.25, 0.3) is 0 Å². The van der Waals surface area contributed by atoms with Gasteiger partial charge < -0.3 is 10.1 Å². The van der Waals surface area contributed by atoms with Crippen molar-refractivity contribution in [2.45, 2.75) is 39.2 Å². The second-order valence-electron chi connectivity index (χ2n) is 4.70. The Labute approximate surface area is 104 Å². The Balaban J connectivity index is 2.21. The molecule has 1 saturated carbocycles. The number of hydrogen-bond donors (Lipinski definition) is 1. The van der Waals surface area contributed by atoms with Crippen molar-refractivity contribution in [3.05, 3.63) is 29.8 Å². The maximum atomic E-state index is 5.74. The molecule has 0 heterocycles. The molecule has 17 heavy (non-hydrogen) atoms. The van der Waals surface area contributed by atoms with Crippen LogP contribution in [0, 0.1) is 5.92 Å². The Kier molecular flexibility index (Phi) is 4.43. The smallest absolute Gasteiger partial charge is 0.124 e. The third-order valence-electron chi connectivity index (χ3n) is 3.60. The Morgan fingerprint density at radius 1 is 1.29 bits per heavy atom. The highest BCUT2D eigenvalue weighted by Gasteiger charge is 2.29. The van der Waals surface area contributed by atoms with Crippen molar-refractivity contribution < 1.29 is 4.74 Å². The lowest BCUT2D eigenvalue weighted by Crippen LogP contribution is -2.32. The van der Waals surface area contributed by atoms with E-state index in [0.717, 1.165) is 24.8 Å². The van der Waals surface area contributed by atoms with E-state index in [4.69, 9.17) is 4.74 Å². The van der Waals surface area contributed by atoms with E-state index in [1.54, 1.807) is 0 Å². The van der Waals surface area contributed by atoms with Crippen molar-refractivity contribution in [2.24, 2.45) is 5.92 Å². The Bertz CT molecular complexity index is 347. The van der Waals surface area contributed by atoms with E-state index >= 15 is 0 Å². The maximum Gasteiger partial charge on any atom is 0.124 e. The normalized spacial score (nSPS) is 17.5. The van der Waals surface area contributed by atoms with Gasteiger partial charge in [0.1, 0.15) is 5.75 Å². The lowest BCUT2D eigenvalue weighted by molar-refractivity contribution is 0.226. The molecule has 1 aliphatic rings. The standard InChI is InChI=1S/C15H23NO/c1-3-16-15(12-8-7-9-12)13-10-5-6-11-14(13)17-4-2/h5-6,10-12,15-16H,3-4,7-9H2,1-2H3. The van der Waals surface area contributed by atoms with Gasteiger partial charge in [0, 0.05) is 11.6 Å². The predicted octanol–water partition coefficient (Wildman–Crippen LogP) is 3.54. The zero-order valence-electron chi connectivity index (χ0n) is 10.9. The first kappa shape index (κ1) is 12.4. The minimum atomic E-state index is 0.469. The van der Waals surface area contributed by atoms with Gasteiger partial charge in [0.05, 0.1) is 6.61 Å². The molecule has 0 amide bonds. The van der Waals surface area contributed by atoms with E-state index in [-0.39, 0.29) is 0 Å². The lowest BCUT2D eigenvalue weighted by Gasteiger charge is -2.35. The second-order valence-corrected chi connectivity index (χ2v) is 4.70. The summed E-state index contributed by atoms with van der Waals surface area (Å²) in [5.74, 6) is 1.84. The summed E-state index contributed by atoms with van der Waals surface area (Å²) in [5, 5.41) is 3.62. The fourth-order valence-electron chi connectivity index (χ4n) is 2.55. The lowest BCUT2D eigenvalue weighted by atomic mass is 9.77. The van der Waals surface area contributed by atoms with Crippen LogP contribution in [0.15, 0.2) is 24.3 Å². The van der Waals surface area contributed by atoms with Crippen molar-refractivity contribution in [2.75, 3.05) is 13.2 Å². The highest BCUT2D eigenvalue weighted by Crippen LogP contribution is 2.40. The fourth-order valence-corrected chi connectivity index (χ4v) is 2.55. The first-order valence-corrected chi connectivity index (χ1v) is 6.82. The number of para-hydroxylation sites is 1. The van der Waals surface area contributed by atoms with Gasteiger partial charge in [-0.25, -0.2) is 0 Å². The Morgan fingerprint density at radius 2 is 2.06 bits per heavy atom. The van der Waals surface area contributed by atoms with E-state index in [0.29, 0.717) is 6.04 Å². The number of benzene rings is 1. The summed E-state index contributed by atoms with van der Waals surface area (Å²) >= 11 is 0. The first-order chi connectivity index (χ1) is 8.36. The molecule has 0 spiro atoms. The molecule has 0 saturated heterocycles. The third-order valence-corrected chi connectivity index (χ3v) is 3.60. The summed E-state index contributed by atoms with van der Waals surface area (Å²) in [5.41, 5.74) is 1.33. The molecule has 1 aromatic rings. The number of ether oxygens (including phenoxy) is 1. The van der Waals surface area contributed by atoms with Gasteiger partial charge in [-0.05, 0) is 38.3 Å². The van der Waals surface area contributed by atoms with E-state index < -0.39 is 0 Å². The first-order valence-electron chi connectivity index (χ1n) is 6.82. The maximum absolute atomic E-state index is 5.74. The van der Waals surface area contributed by atoms with E-state index in [2.05, 4.69) is 36.5 Å². The number of rotatable bonds is 6. The monoisotopic (exact) mass is 233 g/mol. The molecule has 2 heteroatoms. The molecule has 0 aliphatic heterocycles. The van der Waals surface area contributed by atoms with Gasteiger partial charge in [-0.1, -0.05) is 31.5 Å². The van der Waals surface area contributed by atoms with E-state index in [1.165, 1.54) is 24.8 Å². The van der Waals surface area contributed by atoms with Crippen molar-refractivity contribution >= 4 is 0 Å². The summed E-state index contributed by atoms with van der Waals surface area (Å²) in [7, 11) is 0. The van der Waals surface area contributed by atoms with Crippen LogP contribution in [0.5, 0.6) is 5.75 Å². The summed E-state index contributed by atoms with van der Waals surface area (Å²) in [4.78, 5) is 0. The van der Waals surface area contributed by atoms with Crippen LogP contribution in [0.4, 0.5) is 0 Å². The molecule has 2 rings (SSSR count). The minimum absolute atomic E-state index is 0.469. The molecule has 1 unspecified atom stereocenters. The van der Waals surface area contributed by atoms with Crippen LogP contribution in [0.3, 0.4) is 0 Å². The zero-order chi connectivity index (χ0) is 12.1. The average Bonchev–Trinajstić information content (AvgIpc) is 2.27. The molecule has 1 fully saturated rings. The molecule has 1 N–H and O–H groups in total.